The smallest absolute Gasteiger partial charge is 0.403 e. The van der Waals surface area contributed by atoms with Crippen LogP contribution in [0.3, 0.4) is 0 Å². The average Bonchev–Trinajstić information content (AvgIpc) is 3.30. The number of rotatable bonds is 6. The van der Waals surface area contributed by atoms with Gasteiger partial charge in [0.15, 0.2) is 0 Å². The van der Waals surface area contributed by atoms with Crippen LogP contribution in [0.2, 0.25) is 31.0 Å². The Labute approximate surface area is 183 Å². The summed E-state index contributed by atoms with van der Waals surface area (Å²) < 4.78 is 41.3. The number of sulfonamides is 1. The third-order valence-corrected chi connectivity index (χ3v) is 10.6. The van der Waals surface area contributed by atoms with Crippen molar-refractivity contribution in [1.29, 1.82) is 0 Å². The first kappa shape index (κ1) is 23.5. The topological polar surface area (TPSA) is 68.2 Å². The van der Waals surface area contributed by atoms with Gasteiger partial charge in [-0.3, -0.25) is 0 Å². The van der Waals surface area contributed by atoms with Gasteiger partial charge in [-0.2, -0.15) is 8.42 Å². The molecule has 0 radical (unpaired) electrons. The van der Waals surface area contributed by atoms with Gasteiger partial charge in [0.2, 0.25) is 0 Å². The lowest BCUT2D eigenvalue weighted by molar-refractivity contribution is 0.00578. The zero-order chi connectivity index (χ0) is 22.7. The first-order valence-electron chi connectivity index (χ1n) is 10.5. The second-order valence-corrected chi connectivity index (χ2v) is 17.9. The minimum Gasteiger partial charge on any atom is -0.403 e. The Hall–Kier alpha value is -1.16. The first-order chi connectivity index (χ1) is 13.6. The maximum Gasteiger partial charge on any atom is 0.461 e. The number of hydrogen-bond acceptors (Lipinski definition) is 4. The lowest BCUT2D eigenvalue weighted by Crippen LogP contribution is -2.41. The second kappa shape index (κ2) is 7.46. The summed E-state index contributed by atoms with van der Waals surface area (Å²) in [4.78, 5) is 1.81. The summed E-state index contributed by atoms with van der Waals surface area (Å²) in [7, 11) is -1.92. The molecule has 3 rings (SSSR count). The maximum atomic E-state index is 12.4. The molecule has 0 N–H and O–H groups in total. The number of benzene rings is 1. The van der Waals surface area contributed by atoms with Crippen molar-refractivity contribution in [2.24, 2.45) is 4.40 Å². The van der Waals surface area contributed by atoms with E-state index < -0.39 is 18.1 Å². The Morgan fingerprint density at radius 2 is 1.53 bits per heavy atom. The Balaban J connectivity index is 1.86. The van der Waals surface area contributed by atoms with Crippen LogP contribution in [0.1, 0.15) is 39.2 Å². The van der Waals surface area contributed by atoms with E-state index in [1.54, 1.807) is 31.1 Å². The zero-order valence-corrected chi connectivity index (χ0v) is 21.4. The van der Waals surface area contributed by atoms with Gasteiger partial charge in [0.05, 0.1) is 16.1 Å². The number of hydrogen-bond donors (Lipinski definition) is 0. The normalized spacial score (nSPS) is 28.2. The summed E-state index contributed by atoms with van der Waals surface area (Å²) in [6.07, 6.45) is 1.31. The van der Waals surface area contributed by atoms with E-state index in [9.17, 15) is 8.42 Å². The van der Waals surface area contributed by atoms with Crippen LogP contribution in [0, 0.1) is 0 Å². The highest BCUT2D eigenvalue weighted by Gasteiger charge is 2.67. The van der Waals surface area contributed by atoms with E-state index >= 15 is 0 Å². The van der Waals surface area contributed by atoms with Crippen molar-refractivity contribution in [1.82, 2.24) is 4.90 Å². The zero-order valence-electron chi connectivity index (χ0n) is 19.6. The van der Waals surface area contributed by atoms with E-state index in [4.69, 9.17) is 9.31 Å². The Bertz CT molecular complexity index is 907. The summed E-state index contributed by atoms with van der Waals surface area (Å²) in [5, 5.41) is 0. The Kier molecular flexibility index (Phi) is 5.85. The molecule has 0 spiro atoms. The fourth-order valence-corrected chi connectivity index (χ4v) is 8.16. The van der Waals surface area contributed by atoms with Crippen LogP contribution in [0.5, 0.6) is 0 Å². The molecule has 1 heterocycles. The van der Waals surface area contributed by atoms with Gasteiger partial charge in [0.1, 0.15) is 6.34 Å². The van der Waals surface area contributed by atoms with Crippen molar-refractivity contribution < 1.29 is 17.7 Å². The highest BCUT2D eigenvalue weighted by molar-refractivity contribution is 7.90. The Morgan fingerprint density at radius 3 is 1.97 bits per heavy atom. The third-order valence-electron chi connectivity index (χ3n) is 6.64. The van der Waals surface area contributed by atoms with Crippen LogP contribution < -0.4 is 0 Å². The quantitative estimate of drug-likeness (QED) is 0.369. The molecule has 1 aliphatic carbocycles. The maximum absolute atomic E-state index is 12.4. The van der Waals surface area contributed by atoms with E-state index in [2.05, 4.69) is 51.7 Å². The van der Waals surface area contributed by atoms with Crippen LogP contribution in [0.4, 0.5) is 0 Å². The van der Waals surface area contributed by atoms with Gasteiger partial charge >= 0.3 is 7.12 Å². The van der Waals surface area contributed by atoms with Crippen molar-refractivity contribution in [3.05, 3.63) is 29.8 Å². The van der Waals surface area contributed by atoms with E-state index in [0.717, 1.165) is 5.56 Å². The molecule has 1 aromatic carbocycles. The molecule has 30 heavy (non-hydrogen) atoms. The fraction of sp³-hybridized carbons (Fsp3) is 0.667. The summed E-state index contributed by atoms with van der Waals surface area (Å²) >= 11 is 0. The van der Waals surface area contributed by atoms with Gasteiger partial charge in [-0.25, -0.2) is 0 Å². The van der Waals surface area contributed by atoms with Crippen LogP contribution >= 0.6 is 0 Å². The van der Waals surface area contributed by atoms with Gasteiger partial charge in [0.25, 0.3) is 10.0 Å². The van der Waals surface area contributed by atoms with E-state index in [1.165, 1.54) is 6.34 Å². The lowest BCUT2D eigenvalue weighted by atomic mass is 9.79. The first-order valence-corrected chi connectivity index (χ1v) is 15.5. The molecule has 1 saturated heterocycles. The van der Waals surface area contributed by atoms with Crippen molar-refractivity contribution in [2.45, 2.75) is 80.7 Å². The summed E-state index contributed by atoms with van der Waals surface area (Å²) in [6.45, 7) is 15.5. The molecule has 0 bridgehead atoms. The minimum atomic E-state index is -3.69. The van der Waals surface area contributed by atoms with Crippen LogP contribution in [0.25, 0.3) is 0 Å². The van der Waals surface area contributed by atoms with E-state index in [0.29, 0.717) is 17.3 Å². The molecular formula is C21H35BN2O4SSi. The molecule has 2 aliphatic rings. The van der Waals surface area contributed by atoms with Crippen molar-refractivity contribution >= 4 is 31.6 Å². The molecule has 1 saturated carbocycles. The molecular weight excluding hydrogens is 415 g/mol. The molecule has 0 amide bonds. The van der Waals surface area contributed by atoms with Gasteiger partial charge in [-0.15, -0.1) is 4.40 Å². The standard InChI is InChI=1S/C21H35BN2O4SSi/c1-20(2)21(3,4)28-22(27-20)18-17(19(18)30(7,8)9)15-10-12-16(13-11-15)29(25,26)23-14-24(5)6/h10-14,17-19H,1-9H3/t17?,18-,19-/m0/s1. The molecule has 0 aromatic heterocycles. The van der Waals surface area contributed by atoms with Gasteiger partial charge in [-0.05, 0) is 56.9 Å². The summed E-state index contributed by atoms with van der Waals surface area (Å²) in [6, 6.07) is 7.19. The minimum absolute atomic E-state index is 0.210. The van der Waals surface area contributed by atoms with Gasteiger partial charge in [-0.1, -0.05) is 31.8 Å². The van der Waals surface area contributed by atoms with E-state index in [1.807, 2.05) is 12.1 Å². The predicted octanol–water partition coefficient (Wildman–Crippen LogP) is 4.23. The van der Waals surface area contributed by atoms with Crippen LogP contribution in [0.15, 0.2) is 33.6 Å². The van der Waals surface area contributed by atoms with Crippen LogP contribution in [-0.4, -0.2) is 60.1 Å². The van der Waals surface area contributed by atoms with Crippen molar-refractivity contribution in [2.75, 3.05) is 14.1 Å². The fourth-order valence-electron chi connectivity index (χ4n) is 4.34. The van der Waals surface area contributed by atoms with Crippen molar-refractivity contribution in [3.63, 3.8) is 0 Å². The van der Waals surface area contributed by atoms with Crippen LogP contribution in [-0.2, 0) is 19.3 Å². The SMILES string of the molecule is CN(C)C=NS(=O)(=O)c1ccc(C2[C@H](B3OC(C)(C)C(C)(C)O3)[C@H]2[Si](C)(C)C)cc1. The highest BCUT2D eigenvalue weighted by atomic mass is 32.2. The van der Waals surface area contributed by atoms with E-state index in [-0.39, 0.29) is 23.2 Å². The highest BCUT2D eigenvalue weighted by Crippen LogP contribution is 2.71. The lowest BCUT2D eigenvalue weighted by Gasteiger charge is -2.32. The molecule has 9 heteroatoms. The van der Waals surface area contributed by atoms with Gasteiger partial charge in [0, 0.05) is 28.0 Å². The molecule has 166 valence electrons. The predicted molar refractivity (Wildman–Crippen MR) is 125 cm³/mol. The third kappa shape index (κ3) is 4.40. The number of nitrogens with zero attached hydrogens (tertiary/aromatic N) is 2. The second-order valence-electron chi connectivity index (χ2n) is 10.8. The van der Waals surface area contributed by atoms with Crippen molar-refractivity contribution in [3.8, 4) is 0 Å². The Morgan fingerprint density at radius 1 is 1.03 bits per heavy atom. The molecule has 3 atom stereocenters. The molecule has 2 fully saturated rings. The average molecular weight is 450 g/mol. The largest absolute Gasteiger partial charge is 0.461 e. The van der Waals surface area contributed by atoms with Gasteiger partial charge < -0.3 is 14.2 Å². The molecule has 1 aliphatic heterocycles. The molecule has 1 aromatic rings. The summed E-state index contributed by atoms with van der Waals surface area (Å²) in [5.74, 6) is 0.625. The molecule has 6 nitrogen and oxygen atoms in total. The molecule has 1 unspecified atom stereocenters. The monoisotopic (exact) mass is 450 g/mol. The summed E-state index contributed by atoms with van der Waals surface area (Å²) in [5.41, 5.74) is 0.980.